The lowest BCUT2D eigenvalue weighted by Gasteiger charge is -2.19. The Kier molecular flexibility index (Phi) is 2.57. The zero-order valence-electron chi connectivity index (χ0n) is 11.0. The highest BCUT2D eigenvalue weighted by Gasteiger charge is 2.20. The van der Waals surface area contributed by atoms with Crippen LogP contribution in [0, 0.1) is 0 Å². The normalized spacial score (nSPS) is 16.0. The second-order valence-electron chi connectivity index (χ2n) is 5.13. The maximum Gasteiger partial charge on any atom is 0.231 e. The Morgan fingerprint density at radius 1 is 0.950 bits per heavy atom. The molecule has 0 fully saturated rings. The molecule has 0 aliphatic carbocycles. The summed E-state index contributed by atoms with van der Waals surface area (Å²) < 4.78 is 10.9. The predicted molar refractivity (Wildman–Crippen MR) is 75.1 cm³/mol. The van der Waals surface area contributed by atoms with Gasteiger partial charge in [0.05, 0.1) is 0 Å². The lowest BCUT2D eigenvalue weighted by Crippen LogP contribution is -2.19. The van der Waals surface area contributed by atoms with Crippen molar-refractivity contribution < 1.29 is 14.6 Å². The molecule has 2 heterocycles. The van der Waals surface area contributed by atoms with Gasteiger partial charge in [-0.1, -0.05) is 6.07 Å². The summed E-state index contributed by atoms with van der Waals surface area (Å²) in [4.78, 5) is 0. The van der Waals surface area contributed by atoms with E-state index in [-0.39, 0.29) is 6.79 Å². The maximum absolute atomic E-state index is 9.80. The van der Waals surface area contributed by atoms with Crippen molar-refractivity contribution in [2.24, 2.45) is 0 Å². The first kappa shape index (κ1) is 11.6. The number of hydrogen-bond donors (Lipinski definition) is 2. The number of nitrogens with one attached hydrogen (secondary N) is 1. The largest absolute Gasteiger partial charge is 0.508 e. The summed E-state index contributed by atoms with van der Waals surface area (Å²) in [5.41, 5.74) is 4.59. The number of phenols is 1. The second-order valence-corrected chi connectivity index (χ2v) is 5.13. The third kappa shape index (κ3) is 1.80. The highest BCUT2D eigenvalue weighted by atomic mass is 16.7. The van der Waals surface area contributed by atoms with Crippen LogP contribution in [0.1, 0.15) is 11.1 Å². The van der Waals surface area contributed by atoms with Crippen LogP contribution < -0.4 is 14.8 Å². The van der Waals surface area contributed by atoms with Gasteiger partial charge in [-0.3, -0.25) is 0 Å². The first-order valence-electron chi connectivity index (χ1n) is 6.77. The molecule has 2 N–H and O–H groups in total. The van der Waals surface area contributed by atoms with Crippen molar-refractivity contribution in [2.45, 2.75) is 13.0 Å². The molecule has 4 heteroatoms. The molecular weight excluding hydrogens is 254 g/mol. The van der Waals surface area contributed by atoms with Crippen molar-refractivity contribution in [1.29, 1.82) is 0 Å². The second kappa shape index (κ2) is 4.42. The molecule has 0 unspecified atom stereocenters. The predicted octanol–water partition coefficient (Wildman–Crippen LogP) is 2.43. The van der Waals surface area contributed by atoms with Gasteiger partial charge in [0.15, 0.2) is 11.5 Å². The number of ether oxygens (including phenoxy) is 2. The molecule has 0 aromatic heterocycles. The average molecular weight is 269 g/mol. The molecule has 4 rings (SSSR count). The first-order chi connectivity index (χ1) is 9.81. The third-order valence-corrected chi connectivity index (χ3v) is 3.87. The monoisotopic (exact) mass is 269 g/mol. The molecule has 0 radical (unpaired) electrons. The van der Waals surface area contributed by atoms with Crippen LogP contribution in [0.5, 0.6) is 17.2 Å². The Morgan fingerprint density at radius 3 is 2.65 bits per heavy atom. The van der Waals surface area contributed by atoms with E-state index in [1.54, 1.807) is 6.07 Å². The molecule has 0 amide bonds. The number of phenolic OH excluding ortho intramolecular Hbond substituents is 1. The van der Waals surface area contributed by atoms with E-state index in [0.717, 1.165) is 42.1 Å². The van der Waals surface area contributed by atoms with Gasteiger partial charge >= 0.3 is 0 Å². The summed E-state index contributed by atoms with van der Waals surface area (Å²) in [6.45, 7) is 1.99. The molecule has 0 bridgehead atoms. The van der Waals surface area contributed by atoms with E-state index in [9.17, 15) is 5.11 Å². The topological polar surface area (TPSA) is 50.7 Å². The van der Waals surface area contributed by atoms with Gasteiger partial charge in [-0.2, -0.15) is 0 Å². The molecule has 0 saturated carbocycles. The summed E-state index contributed by atoms with van der Waals surface area (Å²) in [6, 6.07) is 9.62. The van der Waals surface area contributed by atoms with Crippen LogP contribution in [0.25, 0.3) is 11.1 Å². The third-order valence-electron chi connectivity index (χ3n) is 3.87. The van der Waals surface area contributed by atoms with Crippen LogP contribution in [0.3, 0.4) is 0 Å². The Hall–Kier alpha value is -2.20. The van der Waals surface area contributed by atoms with E-state index in [2.05, 4.69) is 5.32 Å². The van der Waals surface area contributed by atoms with E-state index in [0.29, 0.717) is 5.75 Å². The smallest absolute Gasteiger partial charge is 0.231 e. The van der Waals surface area contributed by atoms with Crippen LogP contribution in [0.4, 0.5) is 0 Å². The van der Waals surface area contributed by atoms with Gasteiger partial charge in [-0.05, 0) is 59.5 Å². The van der Waals surface area contributed by atoms with Crippen LogP contribution in [0.15, 0.2) is 30.3 Å². The minimum atomic E-state index is 0.276. The zero-order chi connectivity index (χ0) is 13.5. The number of fused-ring (bicyclic) bond motifs is 4. The fraction of sp³-hybridized carbons (Fsp3) is 0.250. The highest BCUT2D eigenvalue weighted by molar-refractivity contribution is 5.75. The minimum absolute atomic E-state index is 0.276. The zero-order valence-corrected chi connectivity index (χ0v) is 11.0. The molecule has 102 valence electrons. The molecule has 2 aromatic carbocycles. The van der Waals surface area contributed by atoms with Crippen molar-refractivity contribution in [3.8, 4) is 28.4 Å². The quantitative estimate of drug-likeness (QED) is 0.771. The summed E-state index contributed by atoms with van der Waals surface area (Å²) in [5.74, 6) is 1.87. The van der Waals surface area contributed by atoms with Gasteiger partial charge in [-0.15, -0.1) is 0 Å². The van der Waals surface area contributed by atoms with Gasteiger partial charge in [0.1, 0.15) is 5.75 Å². The van der Waals surface area contributed by atoms with Crippen LogP contribution in [-0.4, -0.2) is 18.4 Å². The van der Waals surface area contributed by atoms with E-state index in [1.807, 2.05) is 24.3 Å². The average Bonchev–Trinajstić information content (AvgIpc) is 2.89. The van der Waals surface area contributed by atoms with Crippen molar-refractivity contribution in [1.82, 2.24) is 5.32 Å². The van der Waals surface area contributed by atoms with Crippen molar-refractivity contribution in [2.75, 3.05) is 13.3 Å². The SMILES string of the molecule is Oc1ccc2c(c1)-c1cc3c(cc1CNCC2)OCO3. The number of hydrogen-bond acceptors (Lipinski definition) is 4. The van der Waals surface area contributed by atoms with Gasteiger partial charge < -0.3 is 19.9 Å². The Bertz CT molecular complexity index is 682. The van der Waals surface area contributed by atoms with Gasteiger partial charge in [0.25, 0.3) is 0 Å². The molecule has 20 heavy (non-hydrogen) atoms. The highest BCUT2D eigenvalue weighted by Crippen LogP contribution is 2.41. The summed E-state index contributed by atoms with van der Waals surface area (Å²) in [5, 5.41) is 13.2. The molecule has 2 aliphatic rings. The minimum Gasteiger partial charge on any atom is -0.508 e. The Morgan fingerprint density at radius 2 is 1.75 bits per heavy atom. The molecule has 0 saturated heterocycles. The Balaban J connectivity index is 1.96. The molecule has 2 aromatic rings. The molecular formula is C16H15NO3. The van der Waals surface area contributed by atoms with Gasteiger partial charge in [0, 0.05) is 6.54 Å². The summed E-state index contributed by atoms with van der Waals surface area (Å²) in [6.07, 6.45) is 0.948. The van der Waals surface area contributed by atoms with E-state index < -0.39 is 0 Å². The number of aromatic hydroxyl groups is 1. The first-order valence-corrected chi connectivity index (χ1v) is 6.77. The lowest BCUT2D eigenvalue weighted by atomic mass is 9.92. The Labute approximate surface area is 117 Å². The molecule has 2 aliphatic heterocycles. The molecule has 0 atom stereocenters. The fourth-order valence-corrected chi connectivity index (χ4v) is 2.86. The number of rotatable bonds is 0. The standard InChI is InChI=1S/C16H15NO3/c18-12-2-1-10-3-4-17-8-11-5-15-16(20-9-19-15)7-14(11)13(10)6-12/h1-2,5-7,17-18H,3-4,8-9H2. The van der Waals surface area contributed by atoms with Crippen LogP contribution in [-0.2, 0) is 13.0 Å². The van der Waals surface area contributed by atoms with Crippen molar-refractivity contribution in [3.63, 3.8) is 0 Å². The van der Waals surface area contributed by atoms with E-state index in [1.165, 1.54) is 11.1 Å². The maximum atomic E-state index is 9.80. The lowest BCUT2D eigenvalue weighted by molar-refractivity contribution is 0.174. The van der Waals surface area contributed by atoms with Gasteiger partial charge in [0.2, 0.25) is 6.79 Å². The summed E-state index contributed by atoms with van der Waals surface area (Å²) >= 11 is 0. The van der Waals surface area contributed by atoms with E-state index >= 15 is 0 Å². The van der Waals surface area contributed by atoms with Crippen molar-refractivity contribution >= 4 is 0 Å². The van der Waals surface area contributed by atoms with Crippen LogP contribution in [0.2, 0.25) is 0 Å². The van der Waals surface area contributed by atoms with Crippen LogP contribution >= 0.6 is 0 Å². The van der Waals surface area contributed by atoms with Gasteiger partial charge in [-0.25, -0.2) is 0 Å². The summed E-state index contributed by atoms with van der Waals surface area (Å²) in [7, 11) is 0. The number of benzene rings is 2. The molecule has 4 nitrogen and oxygen atoms in total. The van der Waals surface area contributed by atoms with Crippen molar-refractivity contribution in [3.05, 3.63) is 41.5 Å². The fourth-order valence-electron chi connectivity index (χ4n) is 2.86. The molecule has 0 spiro atoms. The van der Waals surface area contributed by atoms with E-state index in [4.69, 9.17) is 9.47 Å².